The topological polar surface area (TPSA) is 89.0 Å². The number of aromatic nitrogens is 2. The molecule has 1 N–H and O–H groups in total. The highest BCUT2D eigenvalue weighted by molar-refractivity contribution is 7.99. The number of benzene rings is 1. The molecule has 2 aromatic rings. The second-order valence-electron chi connectivity index (χ2n) is 7.69. The van der Waals surface area contributed by atoms with Crippen molar-refractivity contribution in [1.82, 2.24) is 9.97 Å². The van der Waals surface area contributed by atoms with E-state index in [1.807, 2.05) is 18.7 Å². The average molecular weight is 468 g/mol. The lowest BCUT2D eigenvalue weighted by Crippen LogP contribution is -2.42. The van der Waals surface area contributed by atoms with Crippen LogP contribution in [0.3, 0.4) is 0 Å². The molecular weight excluding hydrogens is 442 g/mol. The fraction of sp³-hybridized carbons (Fsp3) is 0.476. The molecule has 9 heteroatoms. The number of thioether (sulfide) groups is 1. The predicted molar refractivity (Wildman–Crippen MR) is 122 cm³/mol. The normalized spacial score (nSPS) is 19.1. The van der Waals surface area contributed by atoms with Gasteiger partial charge in [0.25, 0.3) is 0 Å². The minimum atomic E-state index is -3.45. The first-order valence-electron chi connectivity index (χ1n) is 9.91. The molecule has 6 nitrogen and oxygen atoms in total. The largest absolute Gasteiger partial charge is 0.309 e. The lowest BCUT2D eigenvalue weighted by molar-refractivity contribution is -0.122. The summed E-state index contributed by atoms with van der Waals surface area (Å²) in [4.78, 5) is 21.8. The molecule has 0 aliphatic carbocycles. The van der Waals surface area contributed by atoms with Gasteiger partial charge in [0.1, 0.15) is 0 Å². The average Bonchev–Trinajstić information content (AvgIpc) is 2.72. The number of anilines is 1. The fourth-order valence-electron chi connectivity index (χ4n) is 4.01. The molecule has 1 amide bonds. The zero-order valence-electron chi connectivity index (χ0n) is 17.1. The summed E-state index contributed by atoms with van der Waals surface area (Å²) >= 11 is 8.26. The molecule has 2 atom stereocenters. The molecule has 3 rings (SSSR count). The van der Waals surface area contributed by atoms with E-state index in [-0.39, 0.29) is 15.8 Å². The Morgan fingerprint density at radius 3 is 2.73 bits per heavy atom. The van der Waals surface area contributed by atoms with E-state index in [0.717, 1.165) is 36.2 Å². The Bertz CT molecular complexity index is 996. The van der Waals surface area contributed by atoms with Crippen molar-refractivity contribution >= 4 is 44.9 Å². The van der Waals surface area contributed by atoms with Crippen molar-refractivity contribution in [2.45, 2.75) is 42.9 Å². The Morgan fingerprint density at radius 1 is 1.37 bits per heavy atom. The zero-order chi connectivity index (χ0) is 21.8. The van der Waals surface area contributed by atoms with E-state index in [4.69, 9.17) is 11.6 Å². The number of amides is 1. The molecule has 1 aromatic carbocycles. The maximum absolute atomic E-state index is 13.6. The van der Waals surface area contributed by atoms with Gasteiger partial charge in [-0.1, -0.05) is 24.6 Å². The van der Waals surface area contributed by atoms with Crippen molar-refractivity contribution in [2.75, 3.05) is 23.1 Å². The summed E-state index contributed by atoms with van der Waals surface area (Å²) in [6.07, 6.45) is 9.13. The third kappa shape index (κ3) is 5.15. The van der Waals surface area contributed by atoms with E-state index >= 15 is 0 Å². The van der Waals surface area contributed by atoms with Crippen LogP contribution in [0.25, 0.3) is 0 Å². The monoisotopic (exact) mass is 467 g/mol. The minimum absolute atomic E-state index is 0.0699. The second-order valence-corrected chi connectivity index (χ2v) is 11.2. The molecule has 1 aliphatic rings. The summed E-state index contributed by atoms with van der Waals surface area (Å²) in [5, 5.41) is 3.04. The first-order chi connectivity index (χ1) is 14.3. The van der Waals surface area contributed by atoms with Gasteiger partial charge < -0.3 is 5.32 Å². The van der Waals surface area contributed by atoms with Crippen LogP contribution in [-0.4, -0.2) is 42.1 Å². The van der Waals surface area contributed by atoms with Gasteiger partial charge in [0, 0.05) is 18.6 Å². The van der Waals surface area contributed by atoms with Gasteiger partial charge in [-0.15, -0.1) is 0 Å². The third-order valence-corrected chi connectivity index (χ3v) is 8.48. The number of nitrogens with one attached hydrogen (secondary N) is 1. The van der Waals surface area contributed by atoms with E-state index in [2.05, 4.69) is 15.3 Å². The first-order valence-corrected chi connectivity index (χ1v) is 13.3. The highest BCUT2D eigenvalue weighted by atomic mass is 35.5. The molecule has 162 valence electrons. The van der Waals surface area contributed by atoms with Gasteiger partial charge >= 0.3 is 0 Å². The molecule has 1 unspecified atom stereocenters. The molecule has 30 heavy (non-hydrogen) atoms. The third-order valence-electron chi connectivity index (χ3n) is 5.62. The standard InChI is InChI=1S/C21H26ClN3O3S2/c1-3-21(12-15-5-4-10-29-14-15,20(26)25-19-13-23-8-9-24-19)16-6-7-18(17(22)11-16)30(2,27)28/h6-9,11,13,15H,3-5,10,12,14H2,1-2H3,(H,24,25,26)/t15-,21?/m1/s1. The van der Waals surface area contributed by atoms with Gasteiger partial charge in [0.2, 0.25) is 5.91 Å². The van der Waals surface area contributed by atoms with E-state index in [1.165, 1.54) is 18.5 Å². The highest BCUT2D eigenvalue weighted by Gasteiger charge is 2.41. The fourth-order valence-corrected chi connectivity index (χ4v) is 6.50. The number of rotatable bonds is 7. The van der Waals surface area contributed by atoms with Crippen molar-refractivity contribution in [3.05, 3.63) is 47.4 Å². The summed E-state index contributed by atoms with van der Waals surface area (Å²) in [5.41, 5.74) is -0.126. The number of carbonyl (C=O) groups is 1. The predicted octanol–water partition coefficient (Wildman–Crippen LogP) is 4.35. The number of sulfone groups is 1. The lowest BCUT2D eigenvalue weighted by Gasteiger charge is -2.36. The van der Waals surface area contributed by atoms with Crippen LogP contribution in [0.5, 0.6) is 0 Å². The van der Waals surface area contributed by atoms with Crippen molar-refractivity contribution in [2.24, 2.45) is 5.92 Å². The molecule has 2 heterocycles. The maximum Gasteiger partial charge on any atom is 0.236 e. The van der Waals surface area contributed by atoms with Crippen molar-refractivity contribution < 1.29 is 13.2 Å². The first kappa shape index (κ1) is 23.0. The van der Waals surface area contributed by atoms with E-state index in [0.29, 0.717) is 24.6 Å². The van der Waals surface area contributed by atoms with Crippen molar-refractivity contribution in [1.29, 1.82) is 0 Å². The Morgan fingerprint density at radius 2 is 2.17 bits per heavy atom. The summed E-state index contributed by atoms with van der Waals surface area (Å²) in [5.74, 6) is 2.76. The SMILES string of the molecule is CCC(C[C@H]1CCCSC1)(C(=O)Nc1cnccn1)c1ccc(S(C)(=O)=O)c(Cl)c1. The molecule has 1 aromatic heterocycles. The smallest absolute Gasteiger partial charge is 0.236 e. The van der Waals surface area contributed by atoms with Crippen LogP contribution in [0, 0.1) is 5.92 Å². The number of hydrogen-bond donors (Lipinski definition) is 1. The van der Waals surface area contributed by atoms with Crippen LogP contribution in [0.1, 0.15) is 38.2 Å². The van der Waals surface area contributed by atoms with E-state index < -0.39 is 15.3 Å². The molecule has 0 saturated carbocycles. The highest BCUT2D eigenvalue weighted by Crippen LogP contribution is 2.41. The molecule has 1 aliphatic heterocycles. The van der Waals surface area contributed by atoms with Crippen LogP contribution in [0.4, 0.5) is 5.82 Å². The lowest BCUT2D eigenvalue weighted by atomic mass is 9.70. The Kier molecular flexibility index (Phi) is 7.42. The van der Waals surface area contributed by atoms with Crippen molar-refractivity contribution in [3.63, 3.8) is 0 Å². The van der Waals surface area contributed by atoms with Crippen LogP contribution in [0.15, 0.2) is 41.7 Å². The number of halogens is 1. The summed E-state index contributed by atoms with van der Waals surface area (Å²) in [6.45, 7) is 1.98. The van der Waals surface area contributed by atoms with Gasteiger partial charge in [-0.3, -0.25) is 9.78 Å². The maximum atomic E-state index is 13.6. The molecule has 1 fully saturated rings. The van der Waals surface area contributed by atoms with E-state index in [9.17, 15) is 13.2 Å². The van der Waals surface area contributed by atoms with Gasteiger partial charge in [-0.2, -0.15) is 11.8 Å². The summed E-state index contributed by atoms with van der Waals surface area (Å²) in [7, 11) is -3.45. The Labute approximate surface area is 187 Å². The van der Waals surface area contributed by atoms with Crippen LogP contribution in [-0.2, 0) is 20.0 Å². The summed E-state index contributed by atoms with van der Waals surface area (Å²) in [6, 6.07) is 4.86. The van der Waals surface area contributed by atoms with Crippen LogP contribution < -0.4 is 5.32 Å². The van der Waals surface area contributed by atoms with Gasteiger partial charge in [-0.25, -0.2) is 13.4 Å². The van der Waals surface area contributed by atoms with Gasteiger partial charge in [0.15, 0.2) is 15.7 Å². The number of nitrogens with zero attached hydrogens (tertiary/aromatic N) is 2. The Balaban J connectivity index is 2.03. The van der Waals surface area contributed by atoms with Gasteiger partial charge in [-0.05, 0) is 60.8 Å². The molecule has 0 bridgehead atoms. The van der Waals surface area contributed by atoms with Gasteiger partial charge in [0.05, 0.1) is 21.5 Å². The number of carbonyl (C=O) groups excluding carboxylic acids is 1. The van der Waals surface area contributed by atoms with Crippen molar-refractivity contribution in [3.8, 4) is 0 Å². The Hall–Kier alpha value is -1.64. The van der Waals surface area contributed by atoms with E-state index in [1.54, 1.807) is 18.3 Å². The number of hydrogen-bond acceptors (Lipinski definition) is 6. The minimum Gasteiger partial charge on any atom is -0.309 e. The van der Waals surface area contributed by atoms with Crippen LogP contribution in [0.2, 0.25) is 5.02 Å². The molecule has 1 saturated heterocycles. The molecule has 0 radical (unpaired) electrons. The van der Waals surface area contributed by atoms with Crippen LogP contribution >= 0.6 is 23.4 Å². The second kappa shape index (κ2) is 9.66. The quantitative estimate of drug-likeness (QED) is 0.651. The zero-order valence-corrected chi connectivity index (χ0v) is 19.5. The molecule has 0 spiro atoms. The summed E-state index contributed by atoms with van der Waals surface area (Å²) < 4.78 is 24.0. The molecular formula is C21H26ClN3O3S2.